The fourth-order valence-electron chi connectivity index (χ4n) is 0.795. The lowest BCUT2D eigenvalue weighted by Crippen LogP contribution is -2.47. The first kappa shape index (κ1) is 14.7. The average Bonchev–Trinajstić information content (AvgIpc) is 2.22. The van der Waals surface area contributed by atoms with Gasteiger partial charge in [0.05, 0.1) is 45.7 Å². The van der Waals surface area contributed by atoms with Crippen molar-refractivity contribution in [3.8, 4) is 0 Å². The third kappa shape index (κ3) is 4.49. The summed E-state index contributed by atoms with van der Waals surface area (Å²) in [6.07, 6.45) is -5.18. The summed E-state index contributed by atoms with van der Waals surface area (Å²) in [5.74, 6) is 0. The maximum Gasteiger partial charge on any atom is 0.125 e. The molecule has 0 aromatic rings. The van der Waals surface area contributed by atoms with Crippen molar-refractivity contribution in [2.75, 3.05) is 13.2 Å². The Hall–Kier alpha value is 0.720. The molecule has 0 aliphatic rings. The van der Waals surface area contributed by atoms with Crippen LogP contribution in [0.3, 0.4) is 0 Å². The molecule has 6 nitrogen and oxygen atoms in total. The molecule has 0 radical (unpaired) electrons. The number of hydrogen-bond acceptors (Lipinski definition) is 6. The van der Waals surface area contributed by atoms with Crippen LogP contribution in [0.5, 0.6) is 0 Å². The summed E-state index contributed by atoms with van der Waals surface area (Å²) in [4.78, 5) is 0. The molecule has 0 rings (SSSR count). The molecule has 0 spiro atoms. The third-order valence-corrected chi connectivity index (χ3v) is 2.40. The molecule has 0 bridgehead atoms. The molecule has 0 fully saturated rings. The Morgan fingerprint density at radius 1 is 1.07 bits per heavy atom. The van der Waals surface area contributed by atoms with Crippen LogP contribution in [0, 0.1) is 0 Å². The number of halogens is 2. The van der Waals surface area contributed by atoms with Crippen molar-refractivity contribution in [2.24, 2.45) is 0 Å². The maximum atomic E-state index is 9.43. The Morgan fingerprint density at radius 3 is 2.00 bits per heavy atom. The summed E-state index contributed by atoms with van der Waals surface area (Å²) in [5.41, 5.74) is 0. The average molecular weight is 340 g/mol. The van der Waals surface area contributed by atoms with E-state index in [1.165, 1.54) is 0 Å². The van der Waals surface area contributed by atoms with E-state index in [9.17, 15) is 10.2 Å². The summed E-state index contributed by atoms with van der Waals surface area (Å²) in [7, 11) is 0. The Labute approximate surface area is 98.4 Å². The minimum atomic E-state index is -1.51. The molecule has 0 amide bonds. The van der Waals surface area contributed by atoms with Gasteiger partial charge >= 0.3 is 0 Å². The zero-order chi connectivity index (χ0) is 11.1. The van der Waals surface area contributed by atoms with Crippen molar-refractivity contribution in [3.05, 3.63) is 0 Å². The maximum absolute atomic E-state index is 9.43. The van der Waals surface area contributed by atoms with E-state index in [4.69, 9.17) is 10.2 Å². The minimum Gasteiger partial charge on any atom is -0.394 e. The smallest absolute Gasteiger partial charge is 0.125 e. The molecule has 0 saturated heterocycles. The van der Waals surface area contributed by atoms with Gasteiger partial charge < -0.3 is 24.3 Å². The molecular formula is C6H12Br2O6. The topological polar surface area (TPSA) is 99.4 Å². The van der Waals surface area contributed by atoms with E-state index in [0.717, 1.165) is 0 Å². The number of hydrogen-bond donors (Lipinski definition) is 4. The standard InChI is InChI=1S/C6H12Br2O6/c7-13-2-4(14-8)6(12)5(11)3(10)1-9/h3-6,9-12H,1-2H2. The summed E-state index contributed by atoms with van der Waals surface area (Å²) >= 11 is 5.30. The highest BCUT2D eigenvalue weighted by Gasteiger charge is 2.31. The van der Waals surface area contributed by atoms with E-state index in [0.29, 0.717) is 0 Å². The van der Waals surface area contributed by atoms with Crippen LogP contribution in [-0.4, -0.2) is 58.1 Å². The van der Waals surface area contributed by atoms with Crippen molar-refractivity contribution < 1.29 is 28.1 Å². The molecule has 0 aromatic heterocycles. The van der Waals surface area contributed by atoms with Crippen molar-refractivity contribution in [2.45, 2.75) is 24.4 Å². The van der Waals surface area contributed by atoms with Gasteiger partial charge in [-0.1, -0.05) is 0 Å². The fourth-order valence-corrected chi connectivity index (χ4v) is 1.38. The van der Waals surface area contributed by atoms with E-state index in [-0.39, 0.29) is 6.61 Å². The van der Waals surface area contributed by atoms with Crippen molar-refractivity contribution >= 4 is 32.5 Å². The van der Waals surface area contributed by atoms with Gasteiger partial charge in [-0.25, -0.2) is 0 Å². The molecule has 4 N–H and O–H groups in total. The lowest BCUT2D eigenvalue weighted by Gasteiger charge is -2.26. The molecule has 8 heteroatoms. The summed E-state index contributed by atoms with van der Waals surface area (Å²) in [6, 6.07) is 0. The normalized spacial score (nSPS) is 20.1. The van der Waals surface area contributed by atoms with E-state index in [1.54, 1.807) is 0 Å². The van der Waals surface area contributed by atoms with Gasteiger partial charge in [-0.15, -0.1) is 0 Å². The molecule has 14 heavy (non-hydrogen) atoms. The molecule has 86 valence electrons. The van der Waals surface area contributed by atoms with Crippen LogP contribution in [0.4, 0.5) is 0 Å². The van der Waals surface area contributed by atoms with Gasteiger partial charge in [0.15, 0.2) is 0 Å². The lowest BCUT2D eigenvalue weighted by molar-refractivity contribution is -0.109. The third-order valence-electron chi connectivity index (χ3n) is 1.65. The minimum absolute atomic E-state index is 0.0401. The Kier molecular flexibility index (Phi) is 8.35. The van der Waals surface area contributed by atoms with Gasteiger partial charge in [0.1, 0.15) is 24.4 Å². The van der Waals surface area contributed by atoms with Crippen LogP contribution >= 0.6 is 32.5 Å². The highest BCUT2D eigenvalue weighted by molar-refractivity contribution is 9.06. The first-order valence-corrected chi connectivity index (χ1v) is 5.04. The van der Waals surface area contributed by atoms with Gasteiger partial charge in [0, 0.05) is 0 Å². The second-order valence-corrected chi connectivity index (χ2v) is 3.47. The number of aliphatic hydroxyl groups is 4. The summed E-state index contributed by atoms with van der Waals surface area (Å²) in [6.45, 7) is -0.690. The predicted molar refractivity (Wildman–Crippen MR) is 53.8 cm³/mol. The van der Waals surface area contributed by atoms with Crippen molar-refractivity contribution in [1.82, 2.24) is 0 Å². The van der Waals surface area contributed by atoms with Gasteiger partial charge in [-0.2, -0.15) is 0 Å². The Bertz CT molecular complexity index is 146. The molecule has 0 aliphatic carbocycles. The molecule has 0 aromatic carbocycles. The van der Waals surface area contributed by atoms with E-state index < -0.39 is 31.0 Å². The quantitative estimate of drug-likeness (QED) is 0.479. The van der Waals surface area contributed by atoms with E-state index >= 15 is 0 Å². The van der Waals surface area contributed by atoms with Crippen LogP contribution in [0.2, 0.25) is 0 Å². The largest absolute Gasteiger partial charge is 0.394 e. The van der Waals surface area contributed by atoms with Crippen LogP contribution in [0.1, 0.15) is 0 Å². The molecular weight excluding hydrogens is 328 g/mol. The van der Waals surface area contributed by atoms with Gasteiger partial charge in [0.2, 0.25) is 0 Å². The lowest BCUT2D eigenvalue weighted by atomic mass is 10.0. The zero-order valence-electron chi connectivity index (χ0n) is 7.08. The Morgan fingerprint density at radius 2 is 1.64 bits per heavy atom. The van der Waals surface area contributed by atoms with Gasteiger partial charge in [0.25, 0.3) is 0 Å². The number of aliphatic hydroxyl groups excluding tert-OH is 4. The van der Waals surface area contributed by atoms with E-state index in [2.05, 4.69) is 40.2 Å². The highest BCUT2D eigenvalue weighted by atomic mass is 79.9. The summed E-state index contributed by atoms with van der Waals surface area (Å²) in [5, 5.41) is 36.3. The Balaban J connectivity index is 4.17. The highest BCUT2D eigenvalue weighted by Crippen LogP contribution is 2.12. The van der Waals surface area contributed by atoms with E-state index in [1.807, 2.05) is 0 Å². The SMILES string of the molecule is OCC(O)C(O)C(O)C(COBr)OBr. The second-order valence-electron chi connectivity index (χ2n) is 2.63. The monoisotopic (exact) mass is 338 g/mol. The summed E-state index contributed by atoms with van der Waals surface area (Å²) < 4.78 is 9.14. The van der Waals surface area contributed by atoms with Crippen LogP contribution in [0.25, 0.3) is 0 Å². The van der Waals surface area contributed by atoms with Crippen LogP contribution < -0.4 is 0 Å². The second kappa shape index (κ2) is 7.94. The number of rotatable bonds is 7. The molecule has 0 aliphatic heterocycles. The molecule has 4 atom stereocenters. The van der Waals surface area contributed by atoms with Crippen LogP contribution in [-0.2, 0) is 7.66 Å². The van der Waals surface area contributed by atoms with Crippen LogP contribution in [0.15, 0.2) is 0 Å². The molecule has 4 unspecified atom stereocenters. The van der Waals surface area contributed by atoms with Crippen molar-refractivity contribution in [1.29, 1.82) is 0 Å². The first-order chi connectivity index (χ1) is 6.58. The zero-order valence-corrected chi connectivity index (χ0v) is 10.3. The molecule has 0 saturated carbocycles. The van der Waals surface area contributed by atoms with Gasteiger partial charge in [-0.3, -0.25) is 3.83 Å². The fraction of sp³-hybridized carbons (Fsp3) is 1.00. The first-order valence-electron chi connectivity index (χ1n) is 3.74. The molecule has 0 heterocycles. The van der Waals surface area contributed by atoms with Gasteiger partial charge in [-0.05, 0) is 0 Å². The van der Waals surface area contributed by atoms with Crippen molar-refractivity contribution in [3.63, 3.8) is 0 Å². The predicted octanol–water partition coefficient (Wildman–Crippen LogP) is -0.917.